The molecule has 0 fully saturated rings. The van der Waals surface area contributed by atoms with Gasteiger partial charge in [0.05, 0.1) is 10.6 Å². The second-order valence-corrected chi connectivity index (χ2v) is 5.28. The highest BCUT2D eigenvalue weighted by molar-refractivity contribution is 6.36. The van der Waals surface area contributed by atoms with Gasteiger partial charge in [0.15, 0.2) is 11.5 Å². The Morgan fingerprint density at radius 1 is 1.00 bits per heavy atom. The molecule has 1 amide bonds. The second kappa shape index (κ2) is 5.84. The van der Waals surface area contributed by atoms with E-state index in [-0.39, 0.29) is 5.91 Å². The van der Waals surface area contributed by atoms with E-state index in [0.29, 0.717) is 46.0 Å². The number of rotatable bonds is 2. The van der Waals surface area contributed by atoms with Crippen LogP contribution >= 0.6 is 23.2 Å². The summed E-state index contributed by atoms with van der Waals surface area (Å²) in [6.45, 7) is 1.02. The number of halogens is 2. The van der Waals surface area contributed by atoms with Crippen LogP contribution in [0.3, 0.4) is 0 Å². The van der Waals surface area contributed by atoms with Gasteiger partial charge in [0.1, 0.15) is 13.2 Å². The van der Waals surface area contributed by atoms with Crippen LogP contribution in [0.15, 0.2) is 36.4 Å². The lowest BCUT2D eigenvalue weighted by molar-refractivity contribution is 0.102. The third-order valence-corrected chi connectivity index (χ3v) is 3.54. The van der Waals surface area contributed by atoms with Crippen molar-refractivity contribution in [2.75, 3.05) is 18.5 Å². The Bertz CT molecular complexity index is 703. The van der Waals surface area contributed by atoms with Crippen molar-refractivity contribution in [3.63, 3.8) is 0 Å². The second-order valence-electron chi connectivity index (χ2n) is 4.44. The zero-order chi connectivity index (χ0) is 14.8. The Hall–Kier alpha value is -1.91. The molecule has 1 aliphatic rings. The third-order valence-electron chi connectivity index (χ3n) is 2.97. The SMILES string of the molecule is O=C(Nc1ccc2c(c1)OCCO2)c1cc(Cl)ccc1Cl. The van der Waals surface area contributed by atoms with Gasteiger partial charge in [-0.05, 0) is 30.3 Å². The molecular weight excluding hydrogens is 313 g/mol. The zero-order valence-electron chi connectivity index (χ0n) is 10.9. The molecule has 0 saturated heterocycles. The first-order chi connectivity index (χ1) is 10.1. The molecule has 0 saturated carbocycles. The topological polar surface area (TPSA) is 47.6 Å². The summed E-state index contributed by atoms with van der Waals surface area (Å²) in [5.41, 5.74) is 0.916. The monoisotopic (exact) mass is 323 g/mol. The Morgan fingerprint density at radius 2 is 1.76 bits per heavy atom. The van der Waals surface area contributed by atoms with Crippen molar-refractivity contribution in [3.8, 4) is 11.5 Å². The summed E-state index contributed by atoms with van der Waals surface area (Å²) >= 11 is 11.9. The van der Waals surface area contributed by atoms with Crippen molar-refractivity contribution in [3.05, 3.63) is 52.0 Å². The van der Waals surface area contributed by atoms with Crippen LogP contribution in [0, 0.1) is 0 Å². The van der Waals surface area contributed by atoms with Crippen LogP contribution in [-0.2, 0) is 0 Å². The van der Waals surface area contributed by atoms with Gasteiger partial charge < -0.3 is 14.8 Å². The van der Waals surface area contributed by atoms with Crippen molar-refractivity contribution in [1.82, 2.24) is 0 Å². The normalized spacial score (nSPS) is 12.9. The summed E-state index contributed by atoms with van der Waals surface area (Å²) in [5, 5.41) is 3.55. The number of nitrogens with one attached hydrogen (secondary N) is 1. The first-order valence-electron chi connectivity index (χ1n) is 6.29. The Balaban J connectivity index is 1.83. The van der Waals surface area contributed by atoms with E-state index in [9.17, 15) is 4.79 Å². The van der Waals surface area contributed by atoms with Crippen LogP contribution in [-0.4, -0.2) is 19.1 Å². The predicted molar refractivity (Wildman–Crippen MR) is 81.8 cm³/mol. The van der Waals surface area contributed by atoms with E-state index in [1.165, 1.54) is 6.07 Å². The molecule has 1 heterocycles. The highest BCUT2D eigenvalue weighted by Gasteiger charge is 2.15. The van der Waals surface area contributed by atoms with E-state index >= 15 is 0 Å². The number of carbonyl (C=O) groups excluding carboxylic acids is 1. The van der Waals surface area contributed by atoms with Crippen molar-refractivity contribution >= 4 is 34.8 Å². The molecule has 108 valence electrons. The van der Waals surface area contributed by atoms with Gasteiger partial charge in [0.25, 0.3) is 5.91 Å². The Labute approximate surface area is 131 Å². The molecule has 0 aliphatic carbocycles. The van der Waals surface area contributed by atoms with Crippen molar-refractivity contribution in [2.45, 2.75) is 0 Å². The van der Waals surface area contributed by atoms with Crippen LogP contribution in [0.5, 0.6) is 11.5 Å². The van der Waals surface area contributed by atoms with Gasteiger partial charge in [-0.2, -0.15) is 0 Å². The fourth-order valence-corrected chi connectivity index (χ4v) is 2.37. The summed E-state index contributed by atoms with van der Waals surface area (Å²) < 4.78 is 10.9. The van der Waals surface area contributed by atoms with Gasteiger partial charge in [0, 0.05) is 16.8 Å². The van der Waals surface area contributed by atoms with E-state index in [2.05, 4.69) is 5.32 Å². The summed E-state index contributed by atoms with van der Waals surface area (Å²) in [4.78, 5) is 12.2. The van der Waals surface area contributed by atoms with Crippen LogP contribution in [0.1, 0.15) is 10.4 Å². The average molecular weight is 324 g/mol. The largest absolute Gasteiger partial charge is 0.486 e. The van der Waals surface area contributed by atoms with E-state index in [1.807, 2.05) is 0 Å². The smallest absolute Gasteiger partial charge is 0.257 e. The number of carbonyl (C=O) groups is 1. The average Bonchev–Trinajstić information content (AvgIpc) is 2.49. The maximum Gasteiger partial charge on any atom is 0.257 e. The van der Waals surface area contributed by atoms with Gasteiger partial charge in [-0.15, -0.1) is 0 Å². The maximum absolute atomic E-state index is 12.2. The van der Waals surface area contributed by atoms with E-state index in [0.717, 1.165) is 0 Å². The van der Waals surface area contributed by atoms with Gasteiger partial charge in [-0.1, -0.05) is 23.2 Å². The molecule has 2 aromatic rings. The first-order valence-corrected chi connectivity index (χ1v) is 7.05. The van der Waals surface area contributed by atoms with Crippen LogP contribution in [0.25, 0.3) is 0 Å². The lowest BCUT2D eigenvalue weighted by Crippen LogP contribution is -2.16. The molecule has 0 spiro atoms. The van der Waals surface area contributed by atoms with E-state index in [1.54, 1.807) is 30.3 Å². The molecule has 0 unspecified atom stereocenters. The maximum atomic E-state index is 12.2. The molecule has 21 heavy (non-hydrogen) atoms. The Kier molecular flexibility index (Phi) is 3.90. The minimum Gasteiger partial charge on any atom is -0.486 e. The number of hydrogen-bond acceptors (Lipinski definition) is 3. The molecule has 0 radical (unpaired) electrons. The lowest BCUT2D eigenvalue weighted by Gasteiger charge is -2.19. The fraction of sp³-hybridized carbons (Fsp3) is 0.133. The number of ether oxygens (including phenoxy) is 2. The minimum absolute atomic E-state index is 0.319. The van der Waals surface area contributed by atoms with Crippen molar-refractivity contribution in [2.24, 2.45) is 0 Å². The molecule has 0 aromatic heterocycles. The molecule has 4 nitrogen and oxygen atoms in total. The molecule has 3 rings (SSSR count). The third kappa shape index (κ3) is 3.06. The highest BCUT2D eigenvalue weighted by Crippen LogP contribution is 2.33. The summed E-state index contributed by atoms with van der Waals surface area (Å²) in [6, 6.07) is 9.95. The summed E-state index contributed by atoms with van der Waals surface area (Å²) in [6.07, 6.45) is 0. The molecule has 1 N–H and O–H groups in total. The number of anilines is 1. The number of amides is 1. The van der Waals surface area contributed by atoms with E-state index in [4.69, 9.17) is 32.7 Å². The van der Waals surface area contributed by atoms with Crippen molar-refractivity contribution < 1.29 is 14.3 Å². The van der Waals surface area contributed by atoms with Crippen molar-refractivity contribution in [1.29, 1.82) is 0 Å². The highest BCUT2D eigenvalue weighted by atomic mass is 35.5. The van der Waals surface area contributed by atoms with Crippen LogP contribution in [0.4, 0.5) is 5.69 Å². The quantitative estimate of drug-likeness (QED) is 0.908. The number of hydrogen-bond donors (Lipinski definition) is 1. The van der Waals surface area contributed by atoms with Gasteiger partial charge in [-0.3, -0.25) is 4.79 Å². The van der Waals surface area contributed by atoms with Gasteiger partial charge in [0.2, 0.25) is 0 Å². The minimum atomic E-state index is -0.334. The van der Waals surface area contributed by atoms with Gasteiger partial charge in [-0.25, -0.2) is 0 Å². The lowest BCUT2D eigenvalue weighted by atomic mass is 10.2. The molecule has 0 atom stereocenters. The Morgan fingerprint density at radius 3 is 2.57 bits per heavy atom. The summed E-state index contributed by atoms with van der Waals surface area (Å²) in [7, 11) is 0. The molecule has 1 aliphatic heterocycles. The number of fused-ring (bicyclic) bond motifs is 1. The number of benzene rings is 2. The molecule has 2 aromatic carbocycles. The molecule has 0 bridgehead atoms. The van der Waals surface area contributed by atoms with E-state index < -0.39 is 0 Å². The first kappa shape index (κ1) is 14.0. The van der Waals surface area contributed by atoms with Gasteiger partial charge >= 0.3 is 0 Å². The summed E-state index contributed by atoms with van der Waals surface area (Å²) in [5.74, 6) is 0.940. The van der Waals surface area contributed by atoms with Crippen LogP contribution in [0.2, 0.25) is 10.0 Å². The zero-order valence-corrected chi connectivity index (χ0v) is 12.4. The molecule has 6 heteroatoms. The van der Waals surface area contributed by atoms with Crippen LogP contribution < -0.4 is 14.8 Å². The predicted octanol–water partition coefficient (Wildman–Crippen LogP) is 4.02. The fourth-order valence-electron chi connectivity index (χ4n) is 1.99. The molecular formula is C15H11Cl2NO3. The standard InChI is InChI=1S/C15H11Cl2NO3/c16-9-1-3-12(17)11(7-9)15(19)18-10-2-4-13-14(8-10)21-6-5-20-13/h1-4,7-8H,5-6H2,(H,18,19).